The van der Waals surface area contributed by atoms with Crippen LogP contribution in [-0.2, 0) is 0 Å². The van der Waals surface area contributed by atoms with Crippen molar-refractivity contribution in [1.82, 2.24) is 0 Å². The van der Waals surface area contributed by atoms with Crippen LogP contribution in [0.1, 0.15) is 17.2 Å². The van der Waals surface area contributed by atoms with Gasteiger partial charge in [-0.1, -0.05) is 41.4 Å². The number of methoxy groups -OCH3 is 1. The molecule has 0 radical (unpaired) electrons. The van der Waals surface area contributed by atoms with E-state index in [2.05, 4.69) is 0 Å². The van der Waals surface area contributed by atoms with Crippen LogP contribution in [0, 0.1) is 0 Å². The molecule has 4 heteroatoms. The van der Waals surface area contributed by atoms with Gasteiger partial charge in [0.05, 0.1) is 23.2 Å². The molecule has 0 spiro atoms. The molecule has 2 N–H and O–H groups in total. The molecule has 0 saturated carbocycles. The monoisotopic (exact) mass is 281 g/mol. The van der Waals surface area contributed by atoms with E-state index < -0.39 is 0 Å². The lowest BCUT2D eigenvalue weighted by Crippen LogP contribution is -2.11. The van der Waals surface area contributed by atoms with E-state index in [1.165, 1.54) is 0 Å². The Labute approximate surface area is 116 Å². The minimum atomic E-state index is -0.255. The molecular weight excluding hydrogens is 269 g/mol. The highest BCUT2D eigenvalue weighted by Crippen LogP contribution is 2.28. The molecule has 2 aromatic carbocycles. The van der Waals surface area contributed by atoms with Gasteiger partial charge < -0.3 is 10.5 Å². The number of hydrogen-bond donors (Lipinski definition) is 1. The fraction of sp³-hybridized carbons (Fsp3) is 0.143. The van der Waals surface area contributed by atoms with E-state index in [1.54, 1.807) is 19.2 Å². The predicted molar refractivity (Wildman–Crippen MR) is 75.5 cm³/mol. The Bertz CT molecular complexity index is 557. The van der Waals surface area contributed by atoms with Crippen molar-refractivity contribution in [3.05, 3.63) is 63.6 Å². The maximum atomic E-state index is 6.20. The summed E-state index contributed by atoms with van der Waals surface area (Å²) in [4.78, 5) is 0. The van der Waals surface area contributed by atoms with E-state index in [1.807, 2.05) is 30.3 Å². The summed E-state index contributed by atoms with van der Waals surface area (Å²) in [5.74, 6) is 0.781. The molecule has 0 aliphatic carbocycles. The summed E-state index contributed by atoms with van der Waals surface area (Å²) in [5.41, 5.74) is 8.08. The standard InChI is InChI=1S/C14H13Cl2NO/c1-18-11-4-2-3-9(7-11)14(17)10-5-6-12(15)13(16)8-10/h2-8,14H,17H2,1H3. The van der Waals surface area contributed by atoms with E-state index >= 15 is 0 Å². The Morgan fingerprint density at radius 2 is 1.72 bits per heavy atom. The Kier molecular flexibility index (Phi) is 4.12. The van der Waals surface area contributed by atoms with Gasteiger partial charge in [-0.15, -0.1) is 0 Å². The summed E-state index contributed by atoms with van der Waals surface area (Å²) in [6.45, 7) is 0. The Morgan fingerprint density at radius 3 is 2.39 bits per heavy atom. The first-order chi connectivity index (χ1) is 8.61. The normalized spacial score (nSPS) is 12.2. The quantitative estimate of drug-likeness (QED) is 0.921. The lowest BCUT2D eigenvalue weighted by atomic mass is 9.99. The van der Waals surface area contributed by atoms with Crippen molar-refractivity contribution in [3.63, 3.8) is 0 Å². The second-order valence-electron chi connectivity index (χ2n) is 3.93. The van der Waals surface area contributed by atoms with Crippen LogP contribution in [0.25, 0.3) is 0 Å². The van der Waals surface area contributed by atoms with Gasteiger partial charge in [0.2, 0.25) is 0 Å². The molecule has 0 aromatic heterocycles. The number of halogens is 2. The van der Waals surface area contributed by atoms with Crippen molar-refractivity contribution in [2.45, 2.75) is 6.04 Å². The van der Waals surface area contributed by atoms with Gasteiger partial charge in [-0.2, -0.15) is 0 Å². The third-order valence-corrected chi connectivity index (χ3v) is 3.49. The van der Waals surface area contributed by atoms with Crippen LogP contribution >= 0.6 is 23.2 Å². The lowest BCUT2D eigenvalue weighted by molar-refractivity contribution is 0.414. The van der Waals surface area contributed by atoms with Gasteiger partial charge in [0.15, 0.2) is 0 Å². The first-order valence-electron chi connectivity index (χ1n) is 5.46. The van der Waals surface area contributed by atoms with Crippen LogP contribution in [0.2, 0.25) is 10.0 Å². The maximum Gasteiger partial charge on any atom is 0.119 e. The second-order valence-corrected chi connectivity index (χ2v) is 4.74. The van der Waals surface area contributed by atoms with Gasteiger partial charge in [-0.25, -0.2) is 0 Å². The zero-order chi connectivity index (χ0) is 13.1. The summed E-state index contributed by atoms with van der Waals surface area (Å²) in [6.07, 6.45) is 0. The molecule has 1 unspecified atom stereocenters. The van der Waals surface area contributed by atoms with Crippen molar-refractivity contribution in [3.8, 4) is 5.75 Å². The molecule has 0 aliphatic heterocycles. The minimum Gasteiger partial charge on any atom is -0.497 e. The lowest BCUT2D eigenvalue weighted by Gasteiger charge is -2.14. The zero-order valence-corrected chi connectivity index (χ0v) is 11.4. The van der Waals surface area contributed by atoms with Crippen LogP contribution < -0.4 is 10.5 Å². The Hall–Kier alpha value is -1.22. The first-order valence-corrected chi connectivity index (χ1v) is 6.22. The van der Waals surface area contributed by atoms with E-state index in [0.717, 1.165) is 16.9 Å². The third kappa shape index (κ3) is 2.78. The fourth-order valence-electron chi connectivity index (χ4n) is 1.73. The SMILES string of the molecule is COc1cccc(C(N)c2ccc(Cl)c(Cl)c2)c1. The molecule has 18 heavy (non-hydrogen) atoms. The van der Waals surface area contributed by atoms with Gasteiger partial charge in [0, 0.05) is 0 Å². The molecule has 0 fully saturated rings. The topological polar surface area (TPSA) is 35.2 Å². The number of nitrogens with two attached hydrogens (primary N) is 1. The van der Waals surface area contributed by atoms with Crippen LogP contribution in [0.5, 0.6) is 5.75 Å². The van der Waals surface area contributed by atoms with E-state index in [4.69, 9.17) is 33.7 Å². The maximum absolute atomic E-state index is 6.20. The highest BCUT2D eigenvalue weighted by atomic mass is 35.5. The molecule has 2 rings (SSSR count). The zero-order valence-electron chi connectivity index (χ0n) is 9.86. The largest absolute Gasteiger partial charge is 0.497 e. The Morgan fingerprint density at radius 1 is 1.00 bits per heavy atom. The van der Waals surface area contributed by atoms with Crippen LogP contribution in [0.15, 0.2) is 42.5 Å². The molecule has 0 bridgehead atoms. The Balaban J connectivity index is 2.34. The molecule has 2 aromatic rings. The van der Waals surface area contributed by atoms with Crippen molar-refractivity contribution < 1.29 is 4.74 Å². The molecular formula is C14H13Cl2NO. The summed E-state index contributed by atoms with van der Waals surface area (Å²) in [7, 11) is 1.63. The number of hydrogen-bond acceptors (Lipinski definition) is 2. The fourth-order valence-corrected chi connectivity index (χ4v) is 2.04. The first kappa shape index (κ1) is 13.2. The molecule has 1 atom stereocenters. The molecule has 2 nitrogen and oxygen atoms in total. The average Bonchev–Trinajstić information content (AvgIpc) is 2.41. The van der Waals surface area contributed by atoms with E-state index in [9.17, 15) is 0 Å². The number of rotatable bonds is 3. The second kappa shape index (κ2) is 5.61. The molecule has 0 saturated heterocycles. The van der Waals surface area contributed by atoms with Gasteiger partial charge in [0.25, 0.3) is 0 Å². The van der Waals surface area contributed by atoms with Gasteiger partial charge >= 0.3 is 0 Å². The van der Waals surface area contributed by atoms with Crippen LogP contribution in [-0.4, -0.2) is 7.11 Å². The van der Waals surface area contributed by atoms with Crippen molar-refractivity contribution >= 4 is 23.2 Å². The summed E-state index contributed by atoms with van der Waals surface area (Å²) in [5, 5.41) is 1.03. The van der Waals surface area contributed by atoms with Gasteiger partial charge in [-0.05, 0) is 35.4 Å². The van der Waals surface area contributed by atoms with E-state index in [-0.39, 0.29) is 6.04 Å². The molecule has 0 amide bonds. The predicted octanol–water partition coefficient (Wildman–Crippen LogP) is 4.05. The minimum absolute atomic E-state index is 0.255. The van der Waals surface area contributed by atoms with Gasteiger partial charge in [0.1, 0.15) is 5.75 Å². The summed E-state index contributed by atoms with van der Waals surface area (Å²) >= 11 is 11.9. The van der Waals surface area contributed by atoms with Crippen LogP contribution in [0.4, 0.5) is 0 Å². The van der Waals surface area contributed by atoms with Crippen molar-refractivity contribution in [1.29, 1.82) is 0 Å². The van der Waals surface area contributed by atoms with Crippen molar-refractivity contribution in [2.24, 2.45) is 5.73 Å². The summed E-state index contributed by atoms with van der Waals surface area (Å²) in [6, 6.07) is 12.8. The van der Waals surface area contributed by atoms with Gasteiger partial charge in [-0.3, -0.25) is 0 Å². The van der Waals surface area contributed by atoms with Crippen molar-refractivity contribution in [2.75, 3.05) is 7.11 Å². The molecule has 0 aliphatic rings. The van der Waals surface area contributed by atoms with Crippen LogP contribution in [0.3, 0.4) is 0 Å². The number of ether oxygens (including phenoxy) is 1. The smallest absolute Gasteiger partial charge is 0.119 e. The van der Waals surface area contributed by atoms with E-state index in [0.29, 0.717) is 10.0 Å². The summed E-state index contributed by atoms with van der Waals surface area (Å²) < 4.78 is 5.18. The molecule has 0 heterocycles. The highest BCUT2D eigenvalue weighted by molar-refractivity contribution is 6.42. The number of benzene rings is 2. The average molecular weight is 282 g/mol. The molecule has 94 valence electrons. The highest BCUT2D eigenvalue weighted by Gasteiger charge is 2.11. The third-order valence-electron chi connectivity index (χ3n) is 2.76.